The summed E-state index contributed by atoms with van der Waals surface area (Å²) in [5.74, 6) is -6.08. The van der Waals surface area contributed by atoms with Crippen LogP contribution >= 0.6 is 0 Å². The maximum Gasteiger partial charge on any atom is 0.252 e. The molecule has 0 saturated carbocycles. The number of carbonyl (C=O) groups excluding carboxylic acids is 2. The lowest BCUT2D eigenvalue weighted by molar-refractivity contribution is -0.317. The average Bonchev–Trinajstić information content (AvgIpc) is 3.15. The second-order valence-electron chi connectivity index (χ2n) is 13.3. The highest BCUT2D eigenvalue weighted by Gasteiger charge is 2.55. The first kappa shape index (κ1) is 37.4. The highest BCUT2D eigenvalue weighted by atomic mass is 16.7. The molecule has 2 aliphatic rings. The maximum atomic E-state index is 13.9. The number of aliphatic hydroxyl groups excluding tert-OH is 6. The van der Waals surface area contributed by atoms with Crippen molar-refractivity contribution in [3.05, 3.63) is 119 Å². The van der Waals surface area contributed by atoms with Crippen LogP contribution < -0.4 is 10.6 Å². The number of aliphatic hydroxyl groups is 8. The molecule has 14 nitrogen and oxygen atoms in total. The molecule has 0 spiro atoms. The van der Waals surface area contributed by atoms with Gasteiger partial charge in [0.15, 0.2) is 11.6 Å². The number of benzene rings is 4. The number of carbonyl (C=O) groups is 2. The second-order valence-corrected chi connectivity index (χ2v) is 13.3. The molecule has 0 bridgehead atoms. The Morgan fingerprint density at radius 2 is 0.885 bits per heavy atom. The first-order chi connectivity index (χ1) is 24.9. The molecule has 10 atom stereocenters. The van der Waals surface area contributed by atoms with Crippen molar-refractivity contribution in [1.82, 2.24) is 10.6 Å². The van der Waals surface area contributed by atoms with Crippen LogP contribution in [0.4, 0.5) is 0 Å². The molecule has 10 N–H and O–H groups in total. The maximum absolute atomic E-state index is 13.9. The predicted molar refractivity (Wildman–Crippen MR) is 185 cm³/mol. The smallest absolute Gasteiger partial charge is 0.252 e. The molecule has 14 heteroatoms. The Labute approximate surface area is 298 Å². The summed E-state index contributed by atoms with van der Waals surface area (Å²) in [6.07, 6.45) is -9.91. The number of nitrogens with one attached hydrogen (secondary N) is 2. The fourth-order valence-electron chi connectivity index (χ4n) is 7.08. The minimum absolute atomic E-state index is 0.0306. The van der Waals surface area contributed by atoms with E-state index in [0.29, 0.717) is 11.1 Å². The van der Waals surface area contributed by atoms with Gasteiger partial charge in [-0.25, -0.2) is 0 Å². The zero-order chi connectivity index (χ0) is 37.2. The van der Waals surface area contributed by atoms with Gasteiger partial charge < -0.3 is 61.0 Å². The van der Waals surface area contributed by atoms with Gasteiger partial charge in [0, 0.05) is 24.0 Å². The van der Waals surface area contributed by atoms with Gasteiger partial charge in [-0.1, -0.05) is 84.9 Å². The van der Waals surface area contributed by atoms with Gasteiger partial charge in [-0.15, -0.1) is 0 Å². The highest BCUT2D eigenvalue weighted by molar-refractivity contribution is 6.14. The molecule has 0 unspecified atom stereocenters. The van der Waals surface area contributed by atoms with Gasteiger partial charge in [-0.2, -0.15) is 0 Å². The van der Waals surface area contributed by atoms with Crippen LogP contribution in [0, 0.1) is 0 Å². The zero-order valence-corrected chi connectivity index (χ0v) is 27.9. The molecular formula is C38H42N2O12. The van der Waals surface area contributed by atoms with Crippen LogP contribution in [0.1, 0.15) is 31.8 Å². The molecule has 4 aromatic carbocycles. The third-order valence-corrected chi connectivity index (χ3v) is 9.77. The van der Waals surface area contributed by atoms with E-state index in [1.54, 1.807) is 84.9 Å². The first-order valence-corrected chi connectivity index (χ1v) is 16.8. The number of rotatable bonds is 10. The van der Waals surface area contributed by atoms with E-state index in [0.717, 1.165) is 0 Å². The van der Waals surface area contributed by atoms with Gasteiger partial charge in [0.25, 0.3) is 11.8 Å². The lowest BCUT2D eigenvalue weighted by atomic mass is 9.86. The number of hydrogen-bond acceptors (Lipinski definition) is 12. The van der Waals surface area contributed by atoms with Crippen LogP contribution in [-0.2, 0) is 22.3 Å². The molecule has 4 aromatic rings. The molecule has 2 heterocycles. The number of ether oxygens (including phenoxy) is 2. The van der Waals surface area contributed by atoms with Crippen LogP contribution in [0.15, 0.2) is 97.1 Å². The van der Waals surface area contributed by atoms with E-state index in [9.17, 15) is 50.4 Å². The van der Waals surface area contributed by atoms with Gasteiger partial charge >= 0.3 is 0 Å². The predicted octanol–water partition coefficient (Wildman–Crippen LogP) is -0.875. The Morgan fingerprint density at radius 1 is 0.538 bits per heavy atom. The van der Waals surface area contributed by atoms with Crippen molar-refractivity contribution >= 4 is 22.6 Å². The fraction of sp³-hybridized carbons (Fsp3) is 0.368. The van der Waals surface area contributed by atoms with E-state index in [1.165, 1.54) is 12.1 Å². The van der Waals surface area contributed by atoms with E-state index in [1.807, 2.05) is 0 Å². The SMILES string of the molecule is O=C(N[C@@H]1[C@@H](O)[C@H](O)[C@@H](CO)O[C@@]1(O)Cc1ccccc1)c1ccc(C(=O)N[C@@H]2[C@@H](O)[C@H](O)[C@@H](CO)O[C@@]2(O)Cc2ccccc2)c2ccccc12. The van der Waals surface area contributed by atoms with E-state index >= 15 is 0 Å². The van der Waals surface area contributed by atoms with Crippen molar-refractivity contribution in [2.75, 3.05) is 13.2 Å². The zero-order valence-electron chi connectivity index (χ0n) is 27.9. The lowest BCUT2D eigenvalue weighted by Crippen LogP contribution is -2.71. The molecule has 2 fully saturated rings. The standard InChI is InChI=1S/C38H42N2O12/c41-19-27-29(43)31(45)33(37(49,51-27)17-21-9-3-1-4-10-21)39-35(47)25-15-16-26(24-14-8-7-13-23(24)25)36(48)40-34-32(46)30(44)28(20-42)52-38(34,50)18-22-11-5-2-6-12-22/h1-16,27-34,41-46,49-50H,17-20H2,(H,39,47)(H,40,48)/t27-,28-,29-,30-,31+,32+,33-,34-,37+,38+/m1/s1. The summed E-state index contributed by atoms with van der Waals surface area (Å²) >= 11 is 0. The normalized spacial score (nSPS) is 31.9. The number of hydrogen-bond donors (Lipinski definition) is 10. The Morgan fingerprint density at radius 3 is 1.23 bits per heavy atom. The molecule has 0 radical (unpaired) electrons. The van der Waals surface area contributed by atoms with E-state index in [-0.39, 0.29) is 34.7 Å². The van der Waals surface area contributed by atoms with Crippen molar-refractivity contribution in [2.24, 2.45) is 0 Å². The molecule has 2 amide bonds. The summed E-state index contributed by atoms with van der Waals surface area (Å²) < 4.78 is 11.4. The van der Waals surface area contributed by atoms with Crippen molar-refractivity contribution in [1.29, 1.82) is 0 Å². The third kappa shape index (κ3) is 7.31. The number of fused-ring (bicyclic) bond motifs is 1. The van der Waals surface area contributed by atoms with Crippen LogP contribution in [0.3, 0.4) is 0 Å². The summed E-state index contributed by atoms with van der Waals surface area (Å²) in [5.41, 5.74) is 1.24. The molecule has 0 aliphatic carbocycles. The molecule has 2 saturated heterocycles. The van der Waals surface area contributed by atoms with Gasteiger partial charge in [-0.3, -0.25) is 9.59 Å². The molecule has 0 aromatic heterocycles. The van der Waals surface area contributed by atoms with Crippen molar-refractivity contribution in [3.63, 3.8) is 0 Å². The summed E-state index contributed by atoms with van der Waals surface area (Å²) in [6, 6.07) is 23.2. The molecule has 2 aliphatic heterocycles. The molecule has 276 valence electrons. The van der Waals surface area contributed by atoms with Crippen LogP contribution in [0.25, 0.3) is 10.8 Å². The summed E-state index contributed by atoms with van der Waals surface area (Å²) in [6.45, 7) is -1.42. The Bertz CT molecular complexity index is 1730. The van der Waals surface area contributed by atoms with E-state index in [2.05, 4.69) is 10.6 Å². The van der Waals surface area contributed by atoms with Gasteiger partial charge in [-0.05, 0) is 34.0 Å². The quantitative estimate of drug-likeness (QED) is 0.0963. The Hall–Kier alpha value is -4.32. The largest absolute Gasteiger partial charge is 0.394 e. The molecule has 52 heavy (non-hydrogen) atoms. The summed E-state index contributed by atoms with van der Waals surface area (Å²) in [4.78, 5) is 27.8. The molecule has 6 rings (SSSR count). The van der Waals surface area contributed by atoms with Gasteiger partial charge in [0.1, 0.15) is 48.7 Å². The second kappa shape index (κ2) is 15.3. The summed E-state index contributed by atoms with van der Waals surface area (Å²) in [5, 5.41) is 92.2. The average molecular weight is 719 g/mol. The Kier molecular flexibility index (Phi) is 11.0. The lowest BCUT2D eigenvalue weighted by Gasteiger charge is -2.48. The first-order valence-electron chi connectivity index (χ1n) is 16.8. The van der Waals surface area contributed by atoms with Crippen LogP contribution in [0.5, 0.6) is 0 Å². The summed E-state index contributed by atoms with van der Waals surface area (Å²) in [7, 11) is 0. The van der Waals surface area contributed by atoms with Gasteiger partial charge in [0.2, 0.25) is 0 Å². The highest BCUT2D eigenvalue weighted by Crippen LogP contribution is 2.34. The van der Waals surface area contributed by atoms with Crippen LogP contribution in [-0.4, -0.2) is 126 Å². The fourth-order valence-corrected chi connectivity index (χ4v) is 7.08. The third-order valence-electron chi connectivity index (χ3n) is 9.77. The molecular weight excluding hydrogens is 676 g/mol. The number of amides is 2. The Balaban J connectivity index is 1.29. The van der Waals surface area contributed by atoms with E-state index in [4.69, 9.17) is 9.47 Å². The van der Waals surface area contributed by atoms with Crippen molar-refractivity contribution in [3.8, 4) is 0 Å². The van der Waals surface area contributed by atoms with E-state index < -0.39 is 85.3 Å². The minimum atomic E-state index is -2.25. The van der Waals surface area contributed by atoms with Crippen molar-refractivity contribution < 1.29 is 59.9 Å². The van der Waals surface area contributed by atoms with Gasteiger partial charge in [0.05, 0.1) is 13.2 Å². The van der Waals surface area contributed by atoms with Crippen molar-refractivity contribution in [2.45, 2.75) is 73.1 Å². The minimum Gasteiger partial charge on any atom is -0.394 e. The topological polar surface area (TPSA) is 238 Å². The van der Waals surface area contributed by atoms with Crippen LogP contribution in [0.2, 0.25) is 0 Å². The monoisotopic (exact) mass is 718 g/mol.